The lowest BCUT2D eigenvalue weighted by molar-refractivity contribution is -0.149. The van der Waals surface area contributed by atoms with Crippen molar-refractivity contribution in [3.8, 4) is 0 Å². The summed E-state index contributed by atoms with van der Waals surface area (Å²) in [6.45, 7) is -0.101. The van der Waals surface area contributed by atoms with Gasteiger partial charge in [0.2, 0.25) is 0 Å². The van der Waals surface area contributed by atoms with Crippen LogP contribution in [-0.2, 0) is 14.3 Å². The van der Waals surface area contributed by atoms with Crippen molar-refractivity contribution in [2.75, 3.05) is 20.2 Å². The average Bonchev–Trinajstić information content (AvgIpc) is 2.15. The summed E-state index contributed by atoms with van der Waals surface area (Å²) in [5.41, 5.74) is 0. The molecule has 0 saturated carbocycles. The Morgan fingerprint density at radius 3 is 2.71 bits per heavy atom. The van der Waals surface area contributed by atoms with Gasteiger partial charge in [-0.25, -0.2) is 4.79 Å². The molecule has 0 aliphatic carbocycles. The van der Waals surface area contributed by atoms with Gasteiger partial charge in [-0.15, -0.1) is 0 Å². The van der Waals surface area contributed by atoms with E-state index < -0.39 is 18.0 Å². The molecule has 1 amide bonds. The van der Waals surface area contributed by atoms with E-state index >= 15 is 0 Å². The van der Waals surface area contributed by atoms with Gasteiger partial charge >= 0.3 is 12.1 Å². The maximum Gasteiger partial charge on any atom is 0.407 e. The van der Waals surface area contributed by atoms with E-state index in [1.165, 1.54) is 7.11 Å². The summed E-state index contributed by atoms with van der Waals surface area (Å²) >= 11 is 0. The maximum absolute atomic E-state index is 11.1. The number of carboxylic acid groups (broad SMARTS) is 1. The molecule has 0 aromatic heterocycles. The van der Waals surface area contributed by atoms with Gasteiger partial charge in [-0.3, -0.25) is 9.59 Å². The predicted octanol–water partition coefficient (Wildman–Crippen LogP) is -0.272. The normalized spacial score (nSPS) is 21.9. The topological polar surface area (TPSA) is 83.9 Å². The molecule has 0 radical (unpaired) electrons. The number of carbonyl (C=O) groups is 3. The highest BCUT2D eigenvalue weighted by molar-refractivity contribution is 5.89. The van der Waals surface area contributed by atoms with E-state index in [4.69, 9.17) is 5.11 Å². The van der Waals surface area contributed by atoms with Gasteiger partial charge in [-0.2, -0.15) is 0 Å². The first kappa shape index (κ1) is 10.5. The van der Waals surface area contributed by atoms with E-state index in [0.717, 1.165) is 4.90 Å². The number of rotatable bonds is 1. The van der Waals surface area contributed by atoms with Gasteiger partial charge in [0.05, 0.1) is 19.6 Å². The van der Waals surface area contributed by atoms with Gasteiger partial charge in [0, 0.05) is 13.0 Å². The Balaban J connectivity index is 2.67. The number of ether oxygens (including phenoxy) is 1. The molecule has 1 aliphatic rings. The summed E-state index contributed by atoms with van der Waals surface area (Å²) in [6, 6.07) is 0. The van der Waals surface area contributed by atoms with Crippen LogP contribution in [0.2, 0.25) is 0 Å². The molecule has 1 N–H and O–H groups in total. The first-order valence-corrected chi connectivity index (χ1v) is 4.12. The second kappa shape index (κ2) is 4.08. The number of nitrogens with zero attached hydrogens (tertiary/aromatic N) is 1. The molecular weight excluding hydrogens is 190 g/mol. The van der Waals surface area contributed by atoms with Crippen LogP contribution in [0.15, 0.2) is 0 Å². The molecule has 0 bridgehead atoms. The second-order valence-electron chi connectivity index (χ2n) is 3.13. The molecule has 1 aliphatic heterocycles. The van der Waals surface area contributed by atoms with Crippen LogP contribution >= 0.6 is 0 Å². The highest BCUT2D eigenvalue weighted by Crippen LogP contribution is 2.15. The zero-order valence-corrected chi connectivity index (χ0v) is 7.73. The minimum absolute atomic E-state index is 0.0355. The fourth-order valence-corrected chi connectivity index (χ4v) is 1.42. The van der Waals surface area contributed by atoms with Crippen molar-refractivity contribution in [3.05, 3.63) is 0 Å². The Hall–Kier alpha value is -1.59. The monoisotopic (exact) mass is 201 g/mol. The number of amides is 1. The number of methoxy groups -OCH3 is 1. The van der Waals surface area contributed by atoms with Crippen LogP contribution in [0.1, 0.15) is 6.42 Å². The van der Waals surface area contributed by atoms with Gasteiger partial charge in [0.25, 0.3) is 0 Å². The van der Waals surface area contributed by atoms with E-state index in [0.29, 0.717) is 0 Å². The first-order valence-electron chi connectivity index (χ1n) is 4.12. The van der Waals surface area contributed by atoms with Gasteiger partial charge in [-0.05, 0) is 0 Å². The lowest BCUT2D eigenvalue weighted by Gasteiger charge is -2.27. The van der Waals surface area contributed by atoms with E-state index in [1.807, 2.05) is 0 Å². The largest absolute Gasteiger partial charge is 0.469 e. The summed E-state index contributed by atoms with van der Waals surface area (Å²) in [5.74, 6) is -1.45. The summed E-state index contributed by atoms with van der Waals surface area (Å²) in [5, 5.41) is 8.65. The standard InChI is InChI=1S/C8H11NO5/c1-14-7(11)5-2-6(10)4-9(3-5)8(12)13/h5H,2-4H2,1H3,(H,12,13). The molecule has 1 unspecified atom stereocenters. The molecule has 1 atom stereocenters. The Labute approximate surface area is 80.4 Å². The Morgan fingerprint density at radius 2 is 2.21 bits per heavy atom. The molecule has 1 fully saturated rings. The molecular formula is C8H11NO5. The average molecular weight is 201 g/mol. The fraction of sp³-hybridized carbons (Fsp3) is 0.625. The third-order valence-electron chi connectivity index (χ3n) is 2.09. The van der Waals surface area contributed by atoms with Crippen molar-refractivity contribution in [3.63, 3.8) is 0 Å². The molecule has 6 nitrogen and oxygen atoms in total. The lowest BCUT2D eigenvalue weighted by Crippen LogP contribution is -2.46. The highest BCUT2D eigenvalue weighted by Gasteiger charge is 2.33. The summed E-state index contributed by atoms with van der Waals surface area (Å²) in [4.78, 5) is 33.7. The number of hydrogen-bond acceptors (Lipinski definition) is 4. The molecule has 1 saturated heterocycles. The Kier molecular flexibility index (Phi) is 3.06. The second-order valence-corrected chi connectivity index (χ2v) is 3.13. The van der Waals surface area contributed by atoms with Crippen LogP contribution < -0.4 is 0 Å². The fourth-order valence-electron chi connectivity index (χ4n) is 1.42. The molecule has 0 spiro atoms. The summed E-state index contributed by atoms with van der Waals surface area (Å²) in [6.07, 6.45) is -1.12. The van der Waals surface area contributed by atoms with Crippen molar-refractivity contribution in [1.82, 2.24) is 4.90 Å². The van der Waals surface area contributed by atoms with Gasteiger partial charge in [0.1, 0.15) is 0 Å². The van der Waals surface area contributed by atoms with Crippen molar-refractivity contribution >= 4 is 17.8 Å². The summed E-state index contributed by atoms with van der Waals surface area (Å²) < 4.78 is 4.46. The van der Waals surface area contributed by atoms with Crippen LogP contribution in [0.25, 0.3) is 0 Å². The van der Waals surface area contributed by atoms with Gasteiger partial charge < -0.3 is 14.7 Å². The first-order chi connectivity index (χ1) is 6.54. The summed E-state index contributed by atoms with van der Waals surface area (Å²) in [7, 11) is 1.21. The molecule has 78 valence electrons. The predicted molar refractivity (Wildman–Crippen MR) is 44.7 cm³/mol. The number of carbonyl (C=O) groups excluding carboxylic acids is 2. The van der Waals surface area contributed by atoms with E-state index in [9.17, 15) is 14.4 Å². The van der Waals surface area contributed by atoms with Crippen LogP contribution in [0.4, 0.5) is 4.79 Å². The molecule has 1 rings (SSSR count). The lowest BCUT2D eigenvalue weighted by atomic mass is 9.98. The van der Waals surface area contributed by atoms with Crippen LogP contribution in [0.3, 0.4) is 0 Å². The third kappa shape index (κ3) is 2.21. The number of piperidine rings is 1. The Bertz CT molecular complexity index is 275. The minimum atomic E-state index is -1.19. The molecule has 14 heavy (non-hydrogen) atoms. The third-order valence-corrected chi connectivity index (χ3v) is 2.09. The number of hydrogen-bond donors (Lipinski definition) is 1. The number of Topliss-reactive ketones (excluding diaryl/α,β-unsaturated/α-hetero) is 1. The van der Waals surface area contributed by atoms with Crippen LogP contribution in [0.5, 0.6) is 0 Å². The zero-order valence-electron chi connectivity index (χ0n) is 7.73. The smallest absolute Gasteiger partial charge is 0.407 e. The molecule has 0 aromatic rings. The number of likely N-dealkylation sites (tertiary alicyclic amines) is 1. The van der Waals surface area contributed by atoms with Crippen molar-refractivity contribution in [1.29, 1.82) is 0 Å². The van der Waals surface area contributed by atoms with Crippen molar-refractivity contribution in [2.24, 2.45) is 5.92 Å². The van der Waals surface area contributed by atoms with Gasteiger partial charge in [-0.1, -0.05) is 0 Å². The van der Waals surface area contributed by atoms with Crippen LogP contribution in [-0.4, -0.2) is 48.1 Å². The zero-order chi connectivity index (χ0) is 10.7. The quantitative estimate of drug-likeness (QED) is 0.590. The maximum atomic E-state index is 11.1. The van der Waals surface area contributed by atoms with Crippen molar-refractivity contribution in [2.45, 2.75) is 6.42 Å². The van der Waals surface area contributed by atoms with Crippen LogP contribution in [0, 0.1) is 5.92 Å². The SMILES string of the molecule is COC(=O)C1CC(=O)CN(C(=O)O)C1. The minimum Gasteiger partial charge on any atom is -0.469 e. The molecule has 6 heteroatoms. The van der Waals surface area contributed by atoms with E-state index in [-0.39, 0.29) is 25.3 Å². The molecule has 1 heterocycles. The number of ketones is 1. The van der Waals surface area contributed by atoms with E-state index in [1.54, 1.807) is 0 Å². The molecule has 0 aromatic carbocycles. The van der Waals surface area contributed by atoms with Crippen molar-refractivity contribution < 1.29 is 24.2 Å². The van der Waals surface area contributed by atoms with E-state index in [2.05, 4.69) is 4.74 Å². The Morgan fingerprint density at radius 1 is 1.57 bits per heavy atom. The highest BCUT2D eigenvalue weighted by atomic mass is 16.5. The van der Waals surface area contributed by atoms with Gasteiger partial charge in [0.15, 0.2) is 5.78 Å². The number of esters is 1.